The predicted molar refractivity (Wildman–Crippen MR) is 196 cm³/mol. The molecule has 0 aliphatic carbocycles. The van der Waals surface area contributed by atoms with Gasteiger partial charge in [0.15, 0.2) is 0 Å². The molecule has 3 aromatic rings. The molecule has 3 aromatic carbocycles. The van der Waals surface area contributed by atoms with Gasteiger partial charge in [-0.3, -0.25) is 4.55 Å². The minimum Gasteiger partial charge on any atom is -0.491 e. The fourth-order valence-corrected chi connectivity index (χ4v) is 12.3. The molecule has 0 aliphatic heterocycles. The van der Waals surface area contributed by atoms with Crippen molar-refractivity contribution in [3.63, 3.8) is 0 Å². The van der Waals surface area contributed by atoms with Gasteiger partial charge in [-0.1, -0.05) is 132 Å². The van der Waals surface area contributed by atoms with Crippen LogP contribution in [0.15, 0.2) is 77.7 Å². The molecule has 0 aromatic heterocycles. The second-order valence-electron chi connectivity index (χ2n) is 11.7. The topological polar surface area (TPSA) is 72.8 Å². The average molecular weight is 753 g/mol. The van der Waals surface area contributed by atoms with Crippen molar-refractivity contribution in [3.8, 4) is 16.9 Å². The zero-order chi connectivity index (χ0) is 32.3. The number of ether oxygens (including phenoxy) is 2. The monoisotopic (exact) mass is 752 g/mol. The Labute approximate surface area is 282 Å². The maximum absolute atomic E-state index is 10.5. The van der Waals surface area contributed by atoms with Crippen LogP contribution in [0.5, 0.6) is 5.75 Å². The van der Waals surface area contributed by atoms with E-state index in [0.717, 1.165) is 17.9 Å². The summed E-state index contributed by atoms with van der Waals surface area (Å²) in [5.41, 5.74) is 3.45. The summed E-state index contributed by atoms with van der Waals surface area (Å²) in [6.45, 7) is 11.0. The second kappa shape index (κ2) is 21.1. The SMILES string of the molecule is CCCC[Si](CCCC)(CCCC)CCCOCCOc1ccc(-c2ccccc2I)cc1.Cc1ccc(S(=O)(=O)O)cc1. The Morgan fingerprint density at radius 2 is 1.25 bits per heavy atom. The summed E-state index contributed by atoms with van der Waals surface area (Å²) < 4.78 is 42.7. The van der Waals surface area contributed by atoms with Crippen LogP contribution in [0, 0.1) is 10.5 Å². The molecule has 0 bridgehead atoms. The summed E-state index contributed by atoms with van der Waals surface area (Å²) in [5.74, 6) is 0.915. The van der Waals surface area contributed by atoms with Gasteiger partial charge in [-0.05, 0) is 77.4 Å². The number of benzene rings is 3. The van der Waals surface area contributed by atoms with E-state index in [1.807, 2.05) is 6.92 Å². The molecule has 0 atom stereocenters. The average Bonchev–Trinajstić information content (AvgIpc) is 3.02. The highest BCUT2D eigenvalue weighted by Gasteiger charge is 2.30. The molecule has 44 heavy (non-hydrogen) atoms. The molecule has 1 N–H and O–H groups in total. The molecule has 3 rings (SSSR count). The first-order valence-electron chi connectivity index (χ1n) is 16.2. The third-order valence-corrected chi connectivity index (χ3v) is 15.5. The van der Waals surface area contributed by atoms with Crippen LogP contribution < -0.4 is 4.74 Å². The van der Waals surface area contributed by atoms with Crippen molar-refractivity contribution < 1.29 is 22.4 Å². The number of rotatable bonds is 19. The third kappa shape index (κ3) is 14.6. The van der Waals surface area contributed by atoms with Crippen molar-refractivity contribution in [3.05, 3.63) is 81.9 Å². The summed E-state index contributed by atoms with van der Waals surface area (Å²) in [6, 6.07) is 28.9. The van der Waals surface area contributed by atoms with Crippen LogP contribution in [0.3, 0.4) is 0 Å². The van der Waals surface area contributed by atoms with Crippen LogP contribution in [0.2, 0.25) is 24.2 Å². The Morgan fingerprint density at radius 1 is 0.705 bits per heavy atom. The van der Waals surface area contributed by atoms with Crippen LogP contribution in [0.4, 0.5) is 0 Å². The zero-order valence-corrected chi connectivity index (χ0v) is 31.2. The first-order valence-corrected chi connectivity index (χ1v) is 21.6. The number of halogens is 1. The van der Waals surface area contributed by atoms with Crippen LogP contribution in [0.1, 0.15) is 71.3 Å². The van der Waals surface area contributed by atoms with Crippen molar-refractivity contribution in [2.45, 2.75) is 102 Å². The normalized spacial score (nSPS) is 11.6. The molecule has 0 spiro atoms. The van der Waals surface area contributed by atoms with Gasteiger partial charge in [0, 0.05) is 10.2 Å². The highest BCUT2D eigenvalue weighted by molar-refractivity contribution is 14.1. The quantitative estimate of drug-likeness (QED) is 0.0571. The molecule has 0 saturated heterocycles. The maximum atomic E-state index is 10.5. The Hall–Kier alpha value is -1.72. The van der Waals surface area contributed by atoms with E-state index in [1.54, 1.807) is 12.1 Å². The highest BCUT2D eigenvalue weighted by atomic mass is 127. The van der Waals surface area contributed by atoms with E-state index in [4.69, 9.17) is 14.0 Å². The van der Waals surface area contributed by atoms with Crippen LogP contribution >= 0.6 is 22.6 Å². The van der Waals surface area contributed by atoms with E-state index in [2.05, 4.69) is 91.9 Å². The lowest BCUT2D eigenvalue weighted by Gasteiger charge is -2.32. The fraction of sp³-hybridized carbons (Fsp3) is 0.500. The lowest BCUT2D eigenvalue weighted by molar-refractivity contribution is 0.100. The largest absolute Gasteiger partial charge is 0.491 e. The molecule has 0 heterocycles. The minimum atomic E-state index is -4.02. The zero-order valence-electron chi connectivity index (χ0n) is 27.2. The maximum Gasteiger partial charge on any atom is 0.294 e. The van der Waals surface area contributed by atoms with Gasteiger partial charge in [0.1, 0.15) is 12.4 Å². The van der Waals surface area contributed by atoms with E-state index >= 15 is 0 Å². The molecule has 0 radical (unpaired) electrons. The van der Waals surface area contributed by atoms with E-state index in [1.165, 1.54) is 96.0 Å². The summed E-state index contributed by atoms with van der Waals surface area (Å²) in [7, 11) is -5.15. The van der Waals surface area contributed by atoms with Gasteiger partial charge in [-0.25, -0.2) is 0 Å². The molecular weight excluding hydrogens is 699 g/mol. The Kier molecular flexibility index (Phi) is 18.5. The molecule has 8 heteroatoms. The van der Waals surface area contributed by atoms with E-state index in [0.29, 0.717) is 13.2 Å². The molecule has 244 valence electrons. The van der Waals surface area contributed by atoms with Crippen molar-refractivity contribution in [1.82, 2.24) is 0 Å². The molecule has 5 nitrogen and oxygen atoms in total. The van der Waals surface area contributed by atoms with Gasteiger partial charge in [0.05, 0.1) is 19.6 Å². The summed E-state index contributed by atoms with van der Waals surface area (Å²) in [4.78, 5) is -0.0666. The van der Waals surface area contributed by atoms with Gasteiger partial charge in [-0.2, -0.15) is 8.42 Å². The summed E-state index contributed by atoms with van der Waals surface area (Å²) in [5, 5.41) is 0. The number of hydrogen-bond donors (Lipinski definition) is 1. The van der Waals surface area contributed by atoms with Crippen molar-refractivity contribution in [2.24, 2.45) is 0 Å². The Balaban J connectivity index is 0.000000514. The lowest BCUT2D eigenvalue weighted by Crippen LogP contribution is -2.34. The minimum absolute atomic E-state index is 0.0666. The smallest absolute Gasteiger partial charge is 0.294 e. The van der Waals surface area contributed by atoms with Gasteiger partial charge >= 0.3 is 0 Å². The van der Waals surface area contributed by atoms with Crippen molar-refractivity contribution in [2.75, 3.05) is 19.8 Å². The number of hydrogen-bond acceptors (Lipinski definition) is 4. The first-order chi connectivity index (χ1) is 21.1. The summed E-state index contributed by atoms with van der Waals surface area (Å²) in [6.07, 6.45) is 9.53. The highest BCUT2D eigenvalue weighted by Crippen LogP contribution is 2.33. The Morgan fingerprint density at radius 3 is 1.77 bits per heavy atom. The van der Waals surface area contributed by atoms with Crippen LogP contribution in [-0.2, 0) is 14.9 Å². The van der Waals surface area contributed by atoms with E-state index in [9.17, 15) is 8.42 Å². The standard InChI is InChI=1S/C29H45IO2Si.C7H8O3S/c1-4-7-22-33(23-8-5-2,24-9-6-3)25-12-19-31-20-21-32-27-17-15-26(16-18-27)28-13-10-11-14-29(28)30;1-6-2-4-7(5-3-6)11(8,9)10/h10-11,13-18H,4-9,12,19-25H2,1-3H3;2-5H,1H3,(H,8,9,10). The molecule has 0 amide bonds. The molecular formula is C36H53IO5SSi. The van der Waals surface area contributed by atoms with Crippen LogP contribution in [-0.4, -0.2) is 40.9 Å². The molecule has 0 aliphatic rings. The van der Waals surface area contributed by atoms with Crippen molar-refractivity contribution in [1.29, 1.82) is 0 Å². The van der Waals surface area contributed by atoms with E-state index in [-0.39, 0.29) is 4.90 Å². The molecule has 0 saturated carbocycles. The number of aryl methyl sites for hydroxylation is 1. The predicted octanol–water partition coefficient (Wildman–Crippen LogP) is 10.8. The second-order valence-corrected chi connectivity index (χ2v) is 19.3. The van der Waals surface area contributed by atoms with Crippen LogP contribution in [0.25, 0.3) is 11.1 Å². The first kappa shape index (κ1) is 38.5. The van der Waals surface area contributed by atoms with Gasteiger partial charge in [0.25, 0.3) is 10.1 Å². The third-order valence-electron chi connectivity index (χ3n) is 8.03. The molecule has 0 fully saturated rings. The van der Waals surface area contributed by atoms with E-state index < -0.39 is 18.2 Å². The fourth-order valence-electron chi connectivity index (χ4n) is 5.41. The van der Waals surface area contributed by atoms with Gasteiger partial charge in [0.2, 0.25) is 0 Å². The lowest BCUT2D eigenvalue weighted by atomic mass is 10.1. The Bertz CT molecular complexity index is 1280. The number of unbranched alkanes of at least 4 members (excludes halogenated alkanes) is 3. The van der Waals surface area contributed by atoms with Gasteiger partial charge in [-0.15, -0.1) is 0 Å². The summed E-state index contributed by atoms with van der Waals surface area (Å²) >= 11 is 2.39. The molecule has 0 unspecified atom stereocenters. The van der Waals surface area contributed by atoms with Crippen molar-refractivity contribution >= 4 is 40.8 Å². The van der Waals surface area contributed by atoms with Gasteiger partial charge < -0.3 is 9.47 Å².